The first-order valence-electron chi connectivity index (χ1n) is 6.59. The molecular weight excluding hydrogens is 293 g/mol. The van der Waals surface area contributed by atoms with E-state index in [0.717, 1.165) is 34.7 Å². The molecule has 0 amide bonds. The largest absolute Gasteiger partial charge is 0.456 e. The average Bonchev–Trinajstić information content (AvgIpc) is 2.44. The molecule has 0 saturated heterocycles. The Morgan fingerprint density at radius 3 is 2.55 bits per heavy atom. The molecule has 2 N–H and O–H groups in total. The van der Waals surface area contributed by atoms with Gasteiger partial charge in [-0.25, -0.2) is 0 Å². The molecule has 0 heterocycles. The van der Waals surface area contributed by atoms with E-state index in [1.54, 1.807) is 0 Å². The summed E-state index contributed by atoms with van der Waals surface area (Å²) < 4.78 is 5.94. The van der Waals surface area contributed by atoms with Gasteiger partial charge in [0.1, 0.15) is 11.5 Å². The standard InChI is InChI=1S/C16H17Cl2NO/c1-2-11-10-13(6-7-14(11)17)20-16-12(8-9-19)4-3-5-15(16)18/h3-7,10H,2,8-9,19H2,1H3. The Hall–Kier alpha value is -1.22. The minimum Gasteiger partial charge on any atom is -0.456 e. The number of halogens is 2. The van der Waals surface area contributed by atoms with Crippen LogP contribution in [0.3, 0.4) is 0 Å². The van der Waals surface area contributed by atoms with Crippen LogP contribution < -0.4 is 10.5 Å². The molecule has 0 bridgehead atoms. The van der Waals surface area contributed by atoms with Crippen molar-refractivity contribution in [1.82, 2.24) is 0 Å². The normalized spacial score (nSPS) is 10.6. The van der Waals surface area contributed by atoms with Crippen molar-refractivity contribution in [2.75, 3.05) is 6.54 Å². The van der Waals surface area contributed by atoms with Crippen molar-refractivity contribution >= 4 is 23.2 Å². The smallest absolute Gasteiger partial charge is 0.149 e. The summed E-state index contributed by atoms with van der Waals surface area (Å²) in [5.74, 6) is 1.40. The molecule has 4 heteroatoms. The minimum absolute atomic E-state index is 0.553. The van der Waals surface area contributed by atoms with Gasteiger partial charge < -0.3 is 10.5 Å². The van der Waals surface area contributed by atoms with Crippen LogP contribution in [0, 0.1) is 0 Å². The summed E-state index contributed by atoms with van der Waals surface area (Å²) in [5.41, 5.74) is 7.68. The summed E-state index contributed by atoms with van der Waals surface area (Å²) in [6.45, 7) is 2.61. The van der Waals surface area contributed by atoms with Crippen LogP contribution in [0.15, 0.2) is 36.4 Å². The number of para-hydroxylation sites is 1. The number of rotatable bonds is 5. The Kier molecular flexibility index (Phi) is 5.30. The number of hydrogen-bond donors (Lipinski definition) is 1. The van der Waals surface area contributed by atoms with Gasteiger partial charge in [0.05, 0.1) is 5.02 Å². The van der Waals surface area contributed by atoms with Crippen molar-refractivity contribution < 1.29 is 4.74 Å². The van der Waals surface area contributed by atoms with E-state index in [1.807, 2.05) is 36.4 Å². The molecule has 0 aliphatic heterocycles. The number of hydrogen-bond acceptors (Lipinski definition) is 2. The van der Waals surface area contributed by atoms with E-state index in [0.29, 0.717) is 17.3 Å². The summed E-state index contributed by atoms with van der Waals surface area (Å²) in [4.78, 5) is 0. The SMILES string of the molecule is CCc1cc(Oc2c(Cl)cccc2CCN)ccc1Cl. The molecule has 2 rings (SSSR count). The third-order valence-electron chi connectivity index (χ3n) is 3.08. The van der Waals surface area contributed by atoms with Gasteiger partial charge in [-0.1, -0.05) is 42.3 Å². The van der Waals surface area contributed by atoms with E-state index in [1.165, 1.54) is 0 Å². The first kappa shape index (κ1) is 15.2. The van der Waals surface area contributed by atoms with Crippen LogP contribution >= 0.6 is 23.2 Å². The lowest BCUT2D eigenvalue weighted by Crippen LogP contribution is -2.04. The molecule has 2 aromatic carbocycles. The molecule has 20 heavy (non-hydrogen) atoms. The van der Waals surface area contributed by atoms with E-state index in [9.17, 15) is 0 Å². The molecule has 0 radical (unpaired) electrons. The highest BCUT2D eigenvalue weighted by atomic mass is 35.5. The lowest BCUT2D eigenvalue weighted by atomic mass is 10.1. The Labute approximate surface area is 129 Å². The van der Waals surface area contributed by atoms with Crippen molar-refractivity contribution in [3.8, 4) is 11.5 Å². The Balaban J connectivity index is 2.34. The zero-order valence-electron chi connectivity index (χ0n) is 11.3. The minimum atomic E-state index is 0.553. The van der Waals surface area contributed by atoms with Crippen molar-refractivity contribution in [3.63, 3.8) is 0 Å². The van der Waals surface area contributed by atoms with Crippen LogP contribution in [-0.4, -0.2) is 6.54 Å². The number of aryl methyl sites for hydroxylation is 1. The Bertz CT molecular complexity index is 599. The van der Waals surface area contributed by atoms with Gasteiger partial charge in [-0.05, 0) is 54.8 Å². The van der Waals surface area contributed by atoms with Gasteiger partial charge in [-0.15, -0.1) is 0 Å². The van der Waals surface area contributed by atoms with Gasteiger partial charge in [0.2, 0.25) is 0 Å². The van der Waals surface area contributed by atoms with Crippen molar-refractivity contribution in [2.24, 2.45) is 5.73 Å². The van der Waals surface area contributed by atoms with E-state index >= 15 is 0 Å². The molecule has 2 aromatic rings. The Morgan fingerprint density at radius 2 is 1.85 bits per heavy atom. The van der Waals surface area contributed by atoms with Gasteiger partial charge in [0.15, 0.2) is 0 Å². The van der Waals surface area contributed by atoms with Gasteiger partial charge in [0.25, 0.3) is 0 Å². The quantitative estimate of drug-likeness (QED) is 0.857. The van der Waals surface area contributed by atoms with Crippen LogP contribution in [0.2, 0.25) is 10.0 Å². The summed E-state index contributed by atoms with van der Waals surface area (Å²) in [5, 5.41) is 1.34. The van der Waals surface area contributed by atoms with Crippen LogP contribution in [0.1, 0.15) is 18.1 Å². The molecule has 0 aliphatic carbocycles. The molecule has 2 nitrogen and oxygen atoms in total. The lowest BCUT2D eigenvalue weighted by molar-refractivity contribution is 0.476. The molecule has 0 aliphatic rings. The lowest BCUT2D eigenvalue weighted by Gasteiger charge is -2.13. The number of ether oxygens (including phenoxy) is 1. The zero-order chi connectivity index (χ0) is 14.5. The topological polar surface area (TPSA) is 35.2 Å². The highest BCUT2D eigenvalue weighted by Crippen LogP contribution is 2.34. The number of nitrogens with two attached hydrogens (primary N) is 1. The molecule has 106 valence electrons. The molecule has 0 spiro atoms. The molecule has 0 saturated carbocycles. The second-order valence-corrected chi connectivity index (χ2v) is 5.29. The van der Waals surface area contributed by atoms with Crippen molar-refractivity contribution in [2.45, 2.75) is 19.8 Å². The summed E-state index contributed by atoms with van der Waals surface area (Å²) in [7, 11) is 0. The van der Waals surface area contributed by atoms with Crippen molar-refractivity contribution in [1.29, 1.82) is 0 Å². The van der Waals surface area contributed by atoms with Crippen LogP contribution in [0.25, 0.3) is 0 Å². The summed E-state index contributed by atoms with van der Waals surface area (Å²) in [6, 6.07) is 11.3. The van der Waals surface area contributed by atoms with Gasteiger partial charge in [-0.3, -0.25) is 0 Å². The predicted molar refractivity (Wildman–Crippen MR) is 85.1 cm³/mol. The highest BCUT2D eigenvalue weighted by molar-refractivity contribution is 6.32. The third kappa shape index (κ3) is 3.45. The van der Waals surface area contributed by atoms with E-state index in [4.69, 9.17) is 33.7 Å². The van der Waals surface area contributed by atoms with Crippen LogP contribution in [0.4, 0.5) is 0 Å². The fraction of sp³-hybridized carbons (Fsp3) is 0.250. The highest BCUT2D eigenvalue weighted by Gasteiger charge is 2.10. The molecular formula is C16H17Cl2NO. The predicted octanol–water partition coefficient (Wildman–Crippen LogP) is 4.85. The first-order valence-corrected chi connectivity index (χ1v) is 7.35. The second-order valence-electron chi connectivity index (χ2n) is 4.48. The van der Waals surface area contributed by atoms with Gasteiger partial charge in [0, 0.05) is 5.02 Å². The maximum Gasteiger partial charge on any atom is 0.149 e. The first-order chi connectivity index (χ1) is 9.65. The fourth-order valence-corrected chi connectivity index (χ4v) is 2.51. The van der Waals surface area contributed by atoms with E-state index < -0.39 is 0 Å². The van der Waals surface area contributed by atoms with E-state index in [2.05, 4.69) is 6.92 Å². The third-order valence-corrected chi connectivity index (χ3v) is 3.75. The van der Waals surface area contributed by atoms with Crippen LogP contribution in [-0.2, 0) is 12.8 Å². The summed E-state index contributed by atoms with van der Waals surface area (Å²) in [6.07, 6.45) is 1.58. The maximum atomic E-state index is 6.23. The molecule has 0 aromatic heterocycles. The maximum absolute atomic E-state index is 6.23. The van der Waals surface area contributed by atoms with Crippen molar-refractivity contribution in [3.05, 3.63) is 57.6 Å². The average molecular weight is 310 g/mol. The zero-order valence-corrected chi connectivity index (χ0v) is 12.8. The van der Waals surface area contributed by atoms with Gasteiger partial charge in [-0.2, -0.15) is 0 Å². The number of benzene rings is 2. The fourth-order valence-electron chi connectivity index (χ4n) is 2.02. The molecule has 0 unspecified atom stereocenters. The monoisotopic (exact) mass is 309 g/mol. The summed E-state index contributed by atoms with van der Waals surface area (Å²) >= 11 is 12.3. The Morgan fingerprint density at radius 1 is 1.05 bits per heavy atom. The molecule has 0 atom stereocenters. The van der Waals surface area contributed by atoms with E-state index in [-0.39, 0.29) is 0 Å². The van der Waals surface area contributed by atoms with Crippen LogP contribution in [0.5, 0.6) is 11.5 Å². The molecule has 0 fully saturated rings. The second kappa shape index (κ2) is 6.98. The van der Waals surface area contributed by atoms with Gasteiger partial charge >= 0.3 is 0 Å².